The molecule has 31 heavy (non-hydrogen) atoms. The molecule has 156 valence electrons. The summed E-state index contributed by atoms with van der Waals surface area (Å²) in [5.41, 5.74) is 6.47. The molecule has 3 aromatic carbocycles. The van der Waals surface area contributed by atoms with Crippen molar-refractivity contribution < 1.29 is 13.6 Å². The molecule has 0 saturated heterocycles. The first kappa shape index (κ1) is 20.7. The third-order valence-corrected chi connectivity index (χ3v) is 5.17. The molecular formula is C24H20FN3O2S. The number of carbonyl (C=O) groups is 1. The van der Waals surface area contributed by atoms with Gasteiger partial charge in [0.2, 0.25) is 5.89 Å². The maximum Gasteiger partial charge on any atom is 0.257 e. The molecule has 0 aliphatic carbocycles. The Morgan fingerprint density at radius 1 is 1.06 bits per heavy atom. The van der Waals surface area contributed by atoms with Crippen LogP contribution in [0.4, 0.5) is 10.1 Å². The highest BCUT2D eigenvalue weighted by molar-refractivity contribution is 7.80. The molecule has 1 amide bonds. The fraction of sp³-hybridized carbons (Fsp3) is 0.125. The second kappa shape index (κ2) is 8.28. The number of nitrogens with zero attached hydrogens (tertiary/aromatic N) is 1. The molecule has 1 aromatic heterocycles. The molecule has 0 spiro atoms. The van der Waals surface area contributed by atoms with E-state index in [-0.39, 0.29) is 5.11 Å². The van der Waals surface area contributed by atoms with Crippen molar-refractivity contribution in [2.45, 2.75) is 20.8 Å². The highest BCUT2D eigenvalue weighted by Crippen LogP contribution is 2.32. The van der Waals surface area contributed by atoms with Gasteiger partial charge in [-0.15, -0.1) is 0 Å². The van der Waals surface area contributed by atoms with Crippen LogP contribution in [0, 0.1) is 26.6 Å². The number of anilines is 1. The second-order valence-corrected chi connectivity index (χ2v) is 7.75. The summed E-state index contributed by atoms with van der Waals surface area (Å²) in [5.74, 6) is -0.309. The zero-order valence-corrected chi connectivity index (χ0v) is 18.1. The van der Waals surface area contributed by atoms with Crippen LogP contribution in [0.15, 0.2) is 59.0 Å². The first-order chi connectivity index (χ1) is 14.8. The average Bonchev–Trinajstić information content (AvgIpc) is 3.14. The standard InChI is InChI=1S/C24H20FN3O2S/c1-13-11-14(2)21-20(12-13)26-23(30-21)18-5-4-6-19(15(18)3)27-24(31)28-22(29)16-7-9-17(25)10-8-16/h4-12H,1-3H3,(H2,27,28,29,31). The number of nitrogens with one attached hydrogen (secondary N) is 2. The first-order valence-electron chi connectivity index (χ1n) is 9.67. The molecule has 0 unspecified atom stereocenters. The number of benzene rings is 3. The van der Waals surface area contributed by atoms with Crippen LogP contribution in [0.1, 0.15) is 27.0 Å². The predicted octanol–water partition coefficient (Wildman–Crippen LogP) is 5.69. The molecule has 0 saturated carbocycles. The van der Waals surface area contributed by atoms with Crippen LogP contribution >= 0.6 is 12.2 Å². The van der Waals surface area contributed by atoms with Crippen molar-refractivity contribution in [3.05, 3.63) is 82.7 Å². The van der Waals surface area contributed by atoms with E-state index in [1.165, 1.54) is 24.3 Å². The minimum Gasteiger partial charge on any atom is -0.436 e. The van der Waals surface area contributed by atoms with Crippen LogP contribution < -0.4 is 10.6 Å². The van der Waals surface area contributed by atoms with E-state index in [2.05, 4.69) is 21.7 Å². The Labute approximate surface area is 184 Å². The van der Waals surface area contributed by atoms with Gasteiger partial charge in [0.25, 0.3) is 5.91 Å². The highest BCUT2D eigenvalue weighted by Gasteiger charge is 2.15. The Balaban J connectivity index is 1.56. The normalized spacial score (nSPS) is 10.8. The van der Waals surface area contributed by atoms with E-state index in [1.807, 2.05) is 45.0 Å². The number of hydrogen-bond donors (Lipinski definition) is 2. The molecule has 0 fully saturated rings. The maximum atomic E-state index is 13.0. The molecule has 5 nitrogen and oxygen atoms in total. The number of fused-ring (bicyclic) bond motifs is 1. The number of aromatic nitrogens is 1. The largest absolute Gasteiger partial charge is 0.436 e. The van der Waals surface area contributed by atoms with Crippen LogP contribution in [0.5, 0.6) is 0 Å². The number of hydrogen-bond acceptors (Lipinski definition) is 4. The van der Waals surface area contributed by atoms with Gasteiger partial charge in [0.05, 0.1) is 0 Å². The molecule has 0 aliphatic heterocycles. The summed E-state index contributed by atoms with van der Waals surface area (Å²) in [6.45, 7) is 5.95. The van der Waals surface area contributed by atoms with Gasteiger partial charge >= 0.3 is 0 Å². The summed E-state index contributed by atoms with van der Waals surface area (Å²) < 4.78 is 19.1. The van der Waals surface area contributed by atoms with Gasteiger partial charge in [-0.1, -0.05) is 12.1 Å². The van der Waals surface area contributed by atoms with E-state index in [9.17, 15) is 9.18 Å². The molecule has 0 bridgehead atoms. The first-order valence-corrected chi connectivity index (χ1v) is 10.1. The fourth-order valence-electron chi connectivity index (χ4n) is 3.42. The van der Waals surface area contributed by atoms with Gasteiger partial charge in [0, 0.05) is 16.8 Å². The number of oxazole rings is 1. The van der Waals surface area contributed by atoms with Crippen LogP contribution in [0.25, 0.3) is 22.6 Å². The summed E-state index contributed by atoms with van der Waals surface area (Å²) in [7, 11) is 0. The summed E-state index contributed by atoms with van der Waals surface area (Å²) in [6, 6.07) is 14.9. The molecule has 7 heteroatoms. The molecule has 0 atom stereocenters. The van der Waals surface area contributed by atoms with Crippen molar-refractivity contribution >= 4 is 40.0 Å². The molecule has 0 aliphatic rings. The SMILES string of the molecule is Cc1cc(C)c2oc(-c3cccc(NC(=S)NC(=O)c4ccc(F)cc4)c3C)nc2c1. The van der Waals surface area contributed by atoms with Crippen LogP contribution in [0.2, 0.25) is 0 Å². The van der Waals surface area contributed by atoms with Gasteiger partial charge in [-0.05, 0) is 92.1 Å². The molecule has 4 aromatic rings. The Bertz CT molecular complexity index is 1310. The van der Waals surface area contributed by atoms with Crippen LogP contribution in [0.3, 0.4) is 0 Å². The molecular weight excluding hydrogens is 413 g/mol. The minimum absolute atomic E-state index is 0.138. The van der Waals surface area contributed by atoms with E-state index < -0.39 is 11.7 Å². The molecule has 4 rings (SSSR count). The number of rotatable bonds is 3. The monoisotopic (exact) mass is 433 g/mol. The zero-order valence-electron chi connectivity index (χ0n) is 17.2. The summed E-state index contributed by atoms with van der Waals surface area (Å²) in [4.78, 5) is 17.0. The van der Waals surface area contributed by atoms with Crippen molar-refractivity contribution in [3.63, 3.8) is 0 Å². The number of thiocarbonyl (C=S) groups is 1. The third-order valence-electron chi connectivity index (χ3n) is 4.97. The van der Waals surface area contributed by atoms with E-state index in [1.54, 1.807) is 0 Å². The van der Waals surface area contributed by atoms with Gasteiger partial charge in [-0.25, -0.2) is 9.37 Å². The zero-order chi connectivity index (χ0) is 22.1. The van der Waals surface area contributed by atoms with Gasteiger partial charge in [0.1, 0.15) is 11.3 Å². The molecule has 1 heterocycles. The summed E-state index contributed by atoms with van der Waals surface area (Å²) >= 11 is 5.29. The van der Waals surface area contributed by atoms with E-state index >= 15 is 0 Å². The van der Waals surface area contributed by atoms with Gasteiger partial charge in [-0.2, -0.15) is 0 Å². The van der Waals surface area contributed by atoms with E-state index in [0.29, 0.717) is 11.5 Å². The number of amides is 1. The van der Waals surface area contributed by atoms with Gasteiger partial charge in [-0.3, -0.25) is 10.1 Å². The van der Waals surface area contributed by atoms with Crippen LogP contribution in [-0.2, 0) is 0 Å². The topological polar surface area (TPSA) is 67.2 Å². The smallest absolute Gasteiger partial charge is 0.257 e. The Kier molecular flexibility index (Phi) is 5.52. The lowest BCUT2D eigenvalue weighted by molar-refractivity contribution is 0.0977. The van der Waals surface area contributed by atoms with Crippen molar-refractivity contribution in [3.8, 4) is 11.5 Å². The molecule has 2 N–H and O–H groups in total. The van der Waals surface area contributed by atoms with Gasteiger partial charge in [0.15, 0.2) is 10.7 Å². The van der Waals surface area contributed by atoms with E-state index in [0.717, 1.165) is 39.0 Å². The number of carbonyl (C=O) groups excluding carboxylic acids is 1. The Hall–Kier alpha value is -3.58. The third kappa shape index (κ3) is 4.32. The Morgan fingerprint density at radius 3 is 2.55 bits per heavy atom. The van der Waals surface area contributed by atoms with Crippen molar-refractivity contribution in [2.24, 2.45) is 0 Å². The van der Waals surface area contributed by atoms with Gasteiger partial charge < -0.3 is 9.73 Å². The quantitative estimate of drug-likeness (QED) is 0.407. The van der Waals surface area contributed by atoms with Crippen molar-refractivity contribution in [2.75, 3.05) is 5.32 Å². The minimum atomic E-state index is -0.420. The molecule has 0 radical (unpaired) electrons. The fourth-order valence-corrected chi connectivity index (χ4v) is 3.63. The lowest BCUT2D eigenvalue weighted by Gasteiger charge is -2.13. The summed E-state index contributed by atoms with van der Waals surface area (Å²) in [5, 5.41) is 5.79. The predicted molar refractivity (Wildman–Crippen MR) is 124 cm³/mol. The van der Waals surface area contributed by atoms with Crippen LogP contribution in [-0.4, -0.2) is 16.0 Å². The number of halogens is 1. The average molecular weight is 434 g/mol. The highest BCUT2D eigenvalue weighted by atomic mass is 32.1. The van der Waals surface area contributed by atoms with Crippen molar-refractivity contribution in [1.29, 1.82) is 0 Å². The van der Waals surface area contributed by atoms with E-state index in [4.69, 9.17) is 16.6 Å². The maximum absolute atomic E-state index is 13.0. The second-order valence-electron chi connectivity index (χ2n) is 7.34. The summed E-state index contributed by atoms with van der Waals surface area (Å²) in [6.07, 6.45) is 0. The van der Waals surface area contributed by atoms with Crippen molar-refractivity contribution in [1.82, 2.24) is 10.3 Å². The Morgan fingerprint density at radius 2 is 1.81 bits per heavy atom. The number of aryl methyl sites for hydroxylation is 2. The lowest BCUT2D eigenvalue weighted by Crippen LogP contribution is -2.34. The lowest BCUT2D eigenvalue weighted by atomic mass is 10.1.